The Morgan fingerprint density at radius 1 is 1.25 bits per heavy atom. The molecule has 0 bridgehead atoms. The first-order chi connectivity index (χ1) is 13.2. The fraction of sp³-hybridized carbons (Fsp3) is 0.444. The van der Waals surface area contributed by atoms with Crippen LogP contribution in [0.3, 0.4) is 0 Å². The van der Waals surface area contributed by atoms with E-state index in [1.807, 2.05) is 0 Å². The van der Waals surface area contributed by atoms with Gasteiger partial charge in [0.15, 0.2) is 0 Å². The summed E-state index contributed by atoms with van der Waals surface area (Å²) < 4.78 is 16.5. The molecule has 0 radical (unpaired) electrons. The number of halogens is 1. The Morgan fingerprint density at radius 2 is 1.93 bits per heavy atom. The predicted molar refractivity (Wildman–Crippen MR) is 98.5 cm³/mol. The second-order valence-corrected chi connectivity index (χ2v) is 6.95. The molecule has 1 atom stereocenters. The second kappa shape index (κ2) is 9.13. The van der Waals surface area contributed by atoms with Gasteiger partial charge in [-0.2, -0.15) is 9.78 Å². The van der Waals surface area contributed by atoms with E-state index in [4.69, 9.17) is 25.8 Å². The minimum absolute atomic E-state index is 0.180. The summed E-state index contributed by atoms with van der Waals surface area (Å²) in [6, 6.07) is 6.08. The zero-order valence-electron chi connectivity index (χ0n) is 15.8. The van der Waals surface area contributed by atoms with Gasteiger partial charge in [0.1, 0.15) is 31.6 Å². The van der Waals surface area contributed by atoms with Gasteiger partial charge in [-0.15, -0.1) is 0 Å². The number of rotatable bonds is 10. The Hall–Kier alpha value is -2.49. The number of hydrogen-bond donors (Lipinski definition) is 1. The van der Waals surface area contributed by atoms with Crippen molar-refractivity contribution in [1.29, 1.82) is 0 Å². The average Bonchev–Trinajstić information content (AvgIpc) is 3.21. The molecular formula is C18H22ClN3O6. The number of nitrogens with zero attached hydrogens (tertiary/aromatic N) is 3. The van der Waals surface area contributed by atoms with Crippen LogP contribution in [0.25, 0.3) is 0 Å². The summed E-state index contributed by atoms with van der Waals surface area (Å²) in [5, 5.41) is 15.4. The summed E-state index contributed by atoms with van der Waals surface area (Å²) in [7, 11) is 0. The monoisotopic (exact) mass is 411 g/mol. The van der Waals surface area contributed by atoms with Crippen molar-refractivity contribution < 1.29 is 28.9 Å². The Balaban J connectivity index is 2.23. The van der Waals surface area contributed by atoms with E-state index in [0.717, 1.165) is 17.3 Å². The maximum absolute atomic E-state index is 13.2. The van der Waals surface area contributed by atoms with Crippen molar-refractivity contribution in [3.8, 4) is 5.75 Å². The molecule has 2 aromatic rings. The number of benzene rings is 1. The summed E-state index contributed by atoms with van der Waals surface area (Å²) in [6.07, 6.45) is 2.30. The molecule has 0 spiro atoms. The predicted octanol–water partition coefficient (Wildman–Crippen LogP) is 1.79. The van der Waals surface area contributed by atoms with Gasteiger partial charge in [0.05, 0.1) is 5.41 Å². The van der Waals surface area contributed by atoms with Crippen LogP contribution in [-0.2, 0) is 25.0 Å². The first-order valence-corrected chi connectivity index (χ1v) is 8.87. The van der Waals surface area contributed by atoms with Crippen molar-refractivity contribution in [1.82, 2.24) is 14.8 Å². The molecule has 1 aromatic carbocycles. The molecular weight excluding hydrogens is 390 g/mol. The third kappa shape index (κ3) is 5.28. The molecule has 0 fully saturated rings. The minimum Gasteiger partial charge on any atom is -0.463 e. The topological polar surface area (TPSA) is 113 Å². The van der Waals surface area contributed by atoms with Crippen molar-refractivity contribution in [2.45, 2.75) is 26.7 Å². The minimum atomic E-state index is -2.51. The molecule has 0 aliphatic heterocycles. The van der Waals surface area contributed by atoms with Crippen molar-refractivity contribution in [2.24, 2.45) is 5.41 Å². The lowest BCUT2D eigenvalue weighted by Gasteiger charge is -2.33. The van der Waals surface area contributed by atoms with Crippen LogP contribution in [0.15, 0.2) is 36.9 Å². The van der Waals surface area contributed by atoms with Crippen LogP contribution < -0.4 is 4.74 Å². The molecule has 0 saturated heterocycles. The summed E-state index contributed by atoms with van der Waals surface area (Å²) in [5.41, 5.74) is -1.31. The highest BCUT2D eigenvalue weighted by Gasteiger charge is 2.50. The molecule has 28 heavy (non-hydrogen) atoms. The van der Waals surface area contributed by atoms with Crippen molar-refractivity contribution in [3.05, 3.63) is 41.9 Å². The van der Waals surface area contributed by atoms with Gasteiger partial charge in [0.2, 0.25) is 5.78 Å². The number of aliphatic hydroxyl groups is 1. The number of Topliss-reactive ketones (excluding diaryl/α,β-unsaturated/α-hetero) is 1. The van der Waals surface area contributed by atoms with Crippen LogP contribution in [0, 0.1) is 5.41 Å². The zero-order valence-corrected chi connectivity index (χ0v) is 16.5. The van der Waals surface area contributed by atoms with Gasteiger partial charge in [0.25, 0.3) is 0 Å². The number of ketones is 1. The number of hydrogen-bond acceptors (Lipinski definition) is 8. The number of aromatic nitrogens is 3. The maximum Gasteiger partial charge on any atom is 0.376 e. The maximum atomic E-state index is 13.2. The molecule has 1 N–H and O–H groups in total. The molecule has 0 aliphatic carbocycles. The van der Waals surface area contributed by atoms with Crippen molar-refractivity contribution >= 4 is 23.4 Å². The summed E-state index contributed by atoms with van der Waals surface area (Å²) in [4.78, 5) is 28.6. The molecule has 1 unspecified atom stereocenters. The SMILES string of the molecule is CCOCC(=O)OCC(C)(C)C(=O)C(O)(Oc1ccc(Cl)cc1)n1cncn1. The molecule has 2 rings (SSSR count). The number of esters is 1. The molecule has 0 saturated carbocycles. The number of ether oxygens (including phenoxy) is 3. The van der Waals surface area contributed by atoms with Gasteiger partial charge in [-0.3, -0.25) is 4.79 Å². The average molecular weight is 412 g/mol. The molecule has 1 aromatic heterocycles. The van der Waals surface area contributed by atoms with Crippen LogP contribution in [0.1, 0.15) is 20.8 Å². The van der Waals surface area contributed by atoms with Gasteiger partial charge < -0.3 is 19.3 Å². The Labute approximate surface area is 167 Å². The van der Waals surface area contributed by atoms with Gasteiger partial charge in [-0.25, -0.2) is 9.78 Å². The zero-order chi connectivity index (χ0) is 20.8. The van der Waals surface area contributed by atoms with E-state index >= 15 is 0 Å². The second-order valence-electron chi connectivity index (χ2n) is 6.52. The quantitative estimate of drug-likeness (QED) is 0.465. The van der Waals surface area contributed by atoms with E-state index < -0.39 is 23.1 Å². The highest BCUT2D eigenvalue weighted by Crippen LogP contribution is 2.30. The summed E-state index contributed by atoms with van der Waals surface area (Å²) in [6.45, 7) is 4.60. The normalized spacial score (nSPS) is 13.6. The number of carbonyl (C=O) groups excluding carboxylic acids is 2. The van der Waals surface area contributed by atoms with Gasteiger partial charge in [-0.05, 0) is 45.0 Å². The standard InChI is InChI=1S/C18H22ClN3O6/c1-4-26-9-15(23)27-10-17(2,3)16(24)18(25,22-12-20-11-21-22)28-14-7-5-13(19)6-8-14/h5-8,11-12,25H,4,9-10H2,1-3H3. The molecule has 0 aliphatic rings. The lowest BCUT2D eigenvalue weighted by atomic mass is 9.86. The molecule has 1 heterocycles. The van der Waals surface area contributed by atoms with E-state index in [9.17, 15) is 14.7 Å². The molecule has 152 valence electrons. The fourth-order valence-corrected chi connectivity index (χ4v) is 2.35. The first-order valence-electron chi connectivity index (χ1n) is 8.49. The van der Waals surface area contributed by atoms with Crippen molar-refractivity contribution in [3.63, 3.8) is 0 Å². The third-order valence-corrected chi connectivity index (χ3v) is 3.98. The fourth-order valence-electron chi connectivity index (χ4n) is 2.22. The van der Waals surface area contributed by atoms with Crippen LogP contribution in [0.5, 0.6) is 5.75 Å². The van der Waals surface area contributed by atoms with Gasteiger partial charge >= 0.3 is 11.9 Å². The molecule has 10 heteroatoms. The van der Waals surface area contributed by atoms with Crippen molar-refractivity contribution in [2.75, 3.05) is 19.8 Å². The van der Waals surface area contributed by atoms with Gasteiger partial charge in [-0.1, -0.05) is 11.6 Å². The van der Waals surface area contributed by atoms with E-state index in [1.165, 1.54) is 26.0 Å². The van der Waals surface area contributed by atoms with E-state index in [-0.39, 0.29) is 19.0 Å². The highest BCUT2D eigenvalue weighted by atomic mass is 35.5. The smallest absolute Gasteiger partial charge is 0.376 e. The third-order valence-electron chi connectivity index (χ3n) is 3.73. The first kappa shape index (κ1) is 21.8. The van der Waals surface area contributed by atoms with Crippen LogP contribution in [-0.4, -0.2) is 51.4 Å². The summed E-state index contributed by atoms with van der Waals surface area (Å²) in [5.74, 6) is -3.74. The van der Waals surface area contributed by atoms with Crippen LogP contribution >= 0.6 is 11.6 Å². The largest absolute Gasteiger partial charge is 0.463 e. The van der Waals surface area contributed by atoms with Crippen LogP contribution in [0.2, 0.25) is 5.02 Å². The number of carbonyl (C=O) groups is 2. The highest BCUT2D eigenvalue weighted by molar-refractivity contribution is 6.30. The summed E-state index contributed by atoms with van der Waals surface area (Å²) >= 11 is 5.85. The molecule has 9 nitrogen and oxygen atoms in total. The lowest BCUT2D eigenvalue weighted by Crippen LogP contribution is -2.54. The Morgan fingerprint density at radius 3 is 2.50 bits per heavy atom. The van der Waals surface area contributed by atoms with E-state index in [1.54, 1.807) is 19.1 Å². The van der Waals surface area contributed by atoms with E-state index in [2.05, 4.69) is 10.1 Å². The van der Waals surface area contributed by atoms with Crippen LogP contribution in [0.4, 0.5) is 0 Å². The lowest BCUT2D eigenvalue weighted by molar-refractivity contribution is -0.222. The Bertz CT molecular complexity index is 794. The molecule has 0 amide bonds. The Kier molecular flexibility index (Phi) is 7.11. The van der Waals surface area contributed by atoms with E-state index in [0.29, 0.717) is 11.6 Å². The van der Waals surface area contributed by atoms with Gasteiger partial charge in [0, 0.05) is 11.6 Å².